The second-order valence-corrected chi connectivity index (χ2v) is 8.22. The molecule has 1 N–H and O–H groups in total. The van der Waals surface area contributed by atoms with E-state index in [1.54, 1.807) is 0 Å². The van der Waals surface area contributed by atoms with Crippen molar-refractivity contribution in [2.75, 3.05) is 13.1 Å². The Morgan fingerprint density at radius 2 is 1.77 bits per heavy atom. The van der Waals surface area contributed by atoms with Gasteiger partial charge in [-0.1, -0.05) is 31.2 Å². The predicted octanol–water partition coefficient (Wildman–Crippen LogP) is 3.68. The van der Waals surface area contributed by atoms with Crippen molar-refractivity contribution in [2.24, 2.45) is 17.8 Å². The van der Waals surface area contributed by atoms with E-state index in [0.29, 0.717) is 18.4 Å². The van der Waals surface area contributed by atoms with E-state index in [9.17, 15) is 9.59 Å². The van der Waals surface area contributed by atoms with Crippen molar-refractivity contribution in [3.63, 3.8) is 0 Å². The lowest BCUT2D eigenvalue weighted by Crippen LogP contribution is -2.44. The summed E-state index contributed by atoms with van der Waals surface area (Å²) in [5.74, 6) is 1.28. The minimum absolute atomic E-state index is 0.0587. The maximum atomic E-state index is 12.7. The van der Waals surface area contributed by atoms with Crippen molar-refractivity contribution in [2.45, 2.75) is 58.9 Å². The number of amides is 2. The number of benzene rings is 1. The van der Waals surface area contributed by atoms with Gasteiger partial charge in [-0.25, -0.2) is 0 Å². The monoisotopic (exact) mass is 356 g/mol. The van der Waals surface area contributed by atoms with Gasteiger partial charge in [0.05, 0.1) is 0 Å². The molecule has 1 heterocycles. The molecule has 1 aromatic carbocycles. The quantitative estimate of drug-likeness (QED) is 0.895. The molecule has 142 valence electrons. The van der Waals surface area contributed by atoms with Crippen molar-refractivity contribution < 1.29 is 9.59 Å². The van der Waals surface area contributed by atoms with Crippen LogP contribution in [-0.2, 0) is 16.1 Å². The molecule has 1 saturated heterocycles. The van der Waals surface area contributed by atoms with Crippen LogP contribution in [0.4, 0.5) is 0 Å². The summed E-state index contributed by atoms with van der Waals surface area (Å²) in [6.07, 6.45) is 5.73. The van der Waals surface area contributed by atoms with Crippen molar-refractivity contribution in [3.8, 4) is 0 Å². The fourth-order valence-corrected chi connectivity index (χ4v) is 4.39. The van der Waals surface area contributed by atoms with Crippen LogP contribution in [0.2, 0.25) is 0 Å². The molecule has 3 rings (SSSR count). The fraction of sp³-hybridized carbons (Fsp3) is 0.636. The molecule has 0 bridgehead atoms. The number of hydrogen-bond donors (Lipinski definition) is 1. The summed E-state index contributed by atoms with van der Waals surface area (Å²) in [6.45, 7) is 6.72. The lowest BCUT2D eigenvalue weighted by atomic mass is 9.80. The first-order valence-electron chi connectivity index (χ1n) is 10.2. The second kappa shape index (κ2) is 8.70. The third kappa shape index (κ3) is 4.66. The third-order valence-electron chi connectivity index (χ3n) is 6.13. The average Bonchev–Trinajstić information content (AvgIpc) is 2.66. The van der Waals surface area contributed by atoms with Gasteiger partial charge in [0.2, 0.25) is 11.8 Å². The Balaban J connectivity index is 1.45. The minimum Gasteiger partial charge on any atom is -0.352 e. The Bertz CT molecular complexity index is 635. The van der Waals surface area contributed by atoms with Gasteiger partial charge in [-0.3, -0.25) is 9.59 Å². The first kappa shape index (κ1) is 18.9. The summed E-state index contributed by atoms with van der Waals surface area (Å²) in [4.78, 5) is 27.3. The van der Waals surface area contributed by atoms with E-state index in [-0.39, 0.29) is 17.7 Å². The van der Waals surface area contributed by atoms with Crippen molar-refractivity contribution in [3.05, 3.63) is 35.4 Å². The Morgan fingerprint density at radius 3 is 2.46 bits per heavy atom. The Labute approximate surface area is 157 Å². The SMILES string of the molecule is Cc1ccccc1CNC(=O)C1CCC(C(=O)N2CCCC(C)C2)CC1. The molecule has 0 aromatic heterocycles. The number of carbonyl (C=O) groups excluding carboxylic acids is 2. The number of hydrogen-bond acceptors (Lipinski definition) is 2. The standard InChI is InChI=1S/C22H32N2O2/c1-16-6-5-13-24(15-16)22(26)19-11-9-18(10-12-19)21(25)23-14-20-8-4-3-7-17(20)2/h3-4,7-8,16,18-19H,5-6,9-15H2,1-2H3,(H,23,25). The molecule has 0 spiro atoms. The molecule has 1 aliphatic carbocycles. The van der Waals surface area contributed by atoms with Crippen LogP contribution in [0.5, 0.6) is 0 Å². The van der Waals surface area contributed by atoms with Gasteiger partial charge in [0.1, 0.15) is 0 Å². The van der Waals surface area contributed by atoms with Crippen LogP contribution < -0.4 is 5.32 Å². The maximum absolute atomic E-state index is 12.7. The number of carbonyl (C=O) groups is 2. The Hall–Kier alpha value is -1.84. The first-order chi connectivity index (χ1) is 12.5. The molecule has 1 atom stereocenters. The molecule has 26 heavy (non-hydrogen) atoms. The van der Waals surface area contributed by atoms with Crippen molar-refractivity contribution >= 4 is 11.8 Å². The smallest absolute Gasteiger partial charge is 0.225 e. The lowest BCUT2D eigenvalue weighted by Gasteiger charge is -2.35. The third-order valence-corrected chi connectivity index (χ3v) is 6.13. The van der Waals surface area contributed by atoms with Gasteiger partial charge in [-0.15, -0.1) is 0 Å². The number of nitrogens with one attached hydrogen (secondary N) is 1. The fourth-order valence-electron chi connectivity index (χ4n) is 4.39. The molecule has 0 radical (unpaired) electrons. The molecule has 4 heteroatoms. The van der Waals surface area contributed by atoms with Crippen molar-refractivity contribution in [1.82, 2.24) is 10.2 Å². The molecular weight excluding hydrogens is 324 g/mol. The van der Waals surface area contributed by atoms with Gasteiger partial charge in [-0.2, -0.15) is 0 Å². The topological polar surface area (TPSA) is 49.4 Å². The summed E-state index contributed by atoms with van der Waals surface area (Å²) in [7, 11) is 0. The van der Waals surface area contributed by atoms with Crippen LogP contribution in [0.15, 0.2) is 24.3 Å². The van der Waals surface area contributed by atoms with Gasteiger partial charge in [-0.05, 0) is 62.5 Å². The molecular formula is C22H32N2O2. The van der Waals surface area contributed by atoms with E-state index in [0.717, 1.165) is 45.2 Å². The first-order valence-corrected chi connectivity index (χ1v) is 10.2. The van der Waals surface area contributed by atoms with Gasteiger partial charge >= 0.3 is 0 Å². The summed E-state index contributed by atoms with van der Waals surface area (Å²) in [5, 5.41) is 3.09. The summed E-state index contributed by atoms with van der Waals surface area (Å²) in [6, 6.07) is 8.15. The van der Waals surface area contributed by atoms with E-state index in [4.69, 9.17) is 0 Å². The van der Waals surface area contributed by atoms with Crippen LogP contribution in [0, 0.1) is 24.7 Å². The molecule has 1 aliphatic heterocycles. The highest BCUT2D eigenvalue weighted by atomic mass is 16.2. The molecule has 2 amide bonds. The predicted molar refractivity (Wildman–Crippen MR) is 103 cm³/mol. The van der Waals surface area contributed by atoms with Crippen LogP contribution in [-0.4, -0.2) is 29.8 Å². The molecule has 1 saturated carbocycles. The minimum atomic E-state index is 0.0587. The molecule has 1 aromatic rings. The van der Waals surface area contributed by atoms with E-state index >= 15 is 0 Å². The van der Waals surface area contributed by atoms with Gasteiger partial charge in [0, 0.05) is 31.5 Å². The molecule has 2 fully saturated rings. The van der Waals surface area contributed by atoms with Gasteiger partial charge < -0.3 is 10.2 Å². The summed E-state index contributed by atoms with van der Waals surface area (Å²) in [5.41, 5.74) is 2.38. The number of aryl methyl sites for hydroxylation is 1. The maximum Gasteiger partial charge on any atom is 0.225 e. The highest BCUT2D eigenvalue weighted by molar-refractivity contribution is 5.81. The molecule has 2 aliphatic rings. The zero-order valence-corrected chi connectivity index (χ0v) is 16.2. The Kier molecular flexibility index (Phi) is 6.33. The number of piperidine rings is 1. The molecule has 1 unspecified atom stereocenters. The van der Waals surface area contributed by atoms with Crippen LogP contribution in [0.3, 0.4) is 0 Å². The van der Waals surface area contributed by atoms with E-state index in [2.05, 4.69) is 36.2 Å². The Morgan fingerprint density at radius 1 is 1.08 bits per heavy atom. The lowest BCUT2D eigenvalue weighted by molar-refractivity contribution is -0.140. The van der Waals surface area contributed by atoms with Crippen LogP contribution in [0.1, 0.15) is 56.6 Å². The van der Waals surface area contributed by atoms with E-state index in [1.807, 2.05) is 12.1 Å². The van der Waals surface area contributed by atoms with Crippen molar-refractivity contribution in [1.29, 1.82) is 0 Å². The molecule has 4 nitrogen and oxygen atoms in total. The van der Waals surface area contributed by atoms with Gasteiger partial charge in [0.15, 0.2) is 0 Å². The second-order valence-electron chi connectivity index (χ2n) is 8.22. The van der Waals surface area contributed by atoms with E-state index in [1.165, 1.54) is 17.5 Å². The summed E-state index contributed by atoms with van der Waals surface area (Å²) < 4.78 is 0. The normalized spacial score (nSPS) is 26.4. The largest absolute Gasteiger partial charge is 0.352 e. The van der Waals surface area contributed by atoms with Crippen LogP contribution in [0.25, 0.3) is 0 Å². The number of rotatable bonds is 4. The summed E-state index contributed by atoms with van der Waals surface area (Å²) >= 11 is 0. The highest BCUT2D eigenvalue weighted by Gasteiger charge is 2.33. The van der Waals surface area contributed by atoms with Gasteiger partial charge in [0.25, 0.3) is 0 Å². The number of nitrogens with zero attached hydrogens (tertiary/aromatic N) is 1. The van der Waals surface area contributed by atoms with Crippen LogP contribution >= 0.6 is 0 Å². The average molecular weight is 357 g/mol. The highest BCUT2D eigenvalue weighted by Crippen LogP contribution is 2.31. The number of likely N-dealkylation sites (tertiary alicyclic amines) is 1. The zero-order valence-electron chi connectivity index (χ0n) is 16.2. The van der Waals surface area contributed by atoms with E-state index < -0.39 is 0 Å². The zero-order chi connectivity index (χ0) is 18.5.